The van der Waals surface area contributed by atoms with Gasteiger partial charge in [-0.25, -0.2) is 4.39 Å². The van der Waals surface area contributed by atoms with Crippen LogP contribution in [0.5, 0.6) is 0 Å². The van der Waals surface area contributed by atoms with E-state index in [4.69, 9.17) is 11.6 Å². The summed E-state index contributed by atoms with van der Waals surface area (Å²) < 4.78 is 13.7. The van der Waals surface area contributed by atoms with E-state index in [-0.39, 0.29) is 5.82 Å². The van der Waals surface area contributed by atoms with Crippen molar-refractivity contribution in [3.8, 4) is 0 Å². The molecule has 0 radical (unpaired) electrons. The summed E-state index contributed by atoms with van der Waals surface area (Å²) in [7, 11) is 1.85. The molecule has 18 heavy (non-hydrogen) atoms. The van der Waals surface area contributed by atoms with Gasteiger partial charge in [-0.05, 0) is 23.8 Å². The molecule has 2 aromatic rings. The summed E-state index contributed by atoms with van der Waals surface area (Å²) in [5.74, 6) is -0.276. The first-order chi connectivity index (χ1) is 8.76. The van der Waals surface area contributed by atoms with Crippen LogP contribution in [0.15, 0.2) is 54.1 Å². The fourth-order valence-electron chi connectivity index (χ4n) is 1.77. The van der Waals surface area contributed by atoms with Crippen LogP contribution in [0.3, 0.4) is 0 Å². The van der Waals surface area contributed by atoms with E-state index in [0.717, 1.165) is 11.3 Å². The Morgan fingerprint density at radius 2 is 1.78 bits per heavy atom. The smallest absolute Gasteiger partial charge is 0.131 e. The van der Waals surface area contributed by atoms with E-state index in [1.54, 1.807) is 18.2 Å². The maximum absolute atomic E-state index is 13.7. The molecule has 0 amide bonds. The Morgan fingerprint density at radius 1 is 1.11 bits per heavy atom. The monoisotopic (exact) mass is 261 g/mol. The fraction of sp³-hybridized carbons (Fsp3) is 0.0667. The molecule has 1 nitrogen and oxygen atoms in total. The van der Waals surface area contributed by atoms with Crippen molar-refractivity contribution < 1.29 is 4.39 Å². The third-order valence-corrected chi connectivity index (χ3v) is 2.98. The lowest BCUT2D eigenvalue weighted by atomic mass is 9.99. The van der Waals surface area contributed by atoms with E-state index in [1.165, 1.54) is 11.6 Å². The van der Waals surface area contributed by atoms with Crippen LogP contribution in [0.1, 0.15) is 11.1 Å². The predicted molar refractivity (Wildman–Crippen MR) is 75.3 cm³/mol. The highest BCUT2D eigenvalue weighted by atomic mass is 35.5. The molecule has 0 fully saturated rings. The van der Waals surface area contributed by atoms with Gasteiger partial charge in [0.15, 0.2) is 0 Å². The number of benzene rings is 2. The maximum atomic E-state index is 13.7. The van der Waals surface area contributed by atoms with Gasteiger partial charge in [-0.3, -0.25) is 0 Å². The first kappa shape index (κ1) is 12.7. The third-order valence-electron chi connectivity index (χ3n) is 2.76. The molecule has 0 aliphatic carbocycles. The Morgan fingerprint density at radius 3 is 2.33 bits per heavy atom. The van der Waals surface area contributed by atoms with E-state index in [1.807, 2.05) is 31.3 Å². The highest BCUT2D eigenvalue weighted by Crippen LogP contribution is 2.27. The Hall–Kier alpha value is -1.80. The van der Waals surface area contributed by atoms with Gasteiger partial charge in [-0.1, -0.05) is 41.9 Å². The molecule has 0 saturated carbocycles. The second-order valence-corrected chi connectivity index (χ2v) is 4.05. The number of rotatable bonds is 3. The van der Waals surface area contributed by atoms with E-state index < -0.39 is 0 Å². The normalized spacial score (nSPS) is 11.4. The van der Waals surface area contributed by atoms with E-state index in [9.17, 15) is 4.39 Å². The van der Waals surface area contributed by atoms with Crippen LogP contribution < -0.4 is 5.32 Å². The number of anilines is 1. The van der Waals surface area contributed by atoms with Crippen molar-refractivity contribution in [1.82, 2.24) is 0 Å². The van der Waals surface area contributed by atoms with Crippen LogP contribution >= 0.6 is 11.6 Å². The van der Waals surface area contributed by atoms with Crippen molar-refractivity contribution >= 4 is 22.9 Å². The van der Waals surface area contributed by atoms with Crippen LogP contribution in [-0.4, -0.2) is 7.05 Å². The zero-order valence-corrected chi connectivity index (χ0v) is 10.7. The summed E-state index contributed by atoms with van der Waals surface area (Å²) in [5, 5.41) is 3.04. The third kappa shape index (κ3) is 2.54. The van der Waals surface area contributed by atoms with Crippen LogP contribution in [0.4, 0.5) is 10.1 Å². The zero-order chi connectivity index (χ0) is 13.0. The van der Waals surface area contributed by atoms with Crippen molar-refractivity contribution in [2.24, 2.45) is 0 Å². The Labute approximate surface area is 111 Å². The van der Waals surface area contributed by atoms with Crippen LogP contribution in [0.25, 0.3) is 5.57 Å². The summed E-state index contributed by atoms with van der Waals surface area (Å²) in [6.45, 7) is 0. The predicted octanol–water partition coefficient (Wildman–Crippen LogP) is 4.50. The molecule has 0 aliphatic rings. The minimum atomic E-state index is -0.276. The van der Waals surface area contributed by atoms with Crippen LogP contribution in [0, 0.1) is 5.82 Å². The molecule has 0 heterocycles. The van der Waals surface area contributed by atoms with Crippen molar-refractivity contribution in [3.05, 3.63) is 71.0 Å². The summed E-state index contributed by atoms with van der Waals surface area (Å²) in [5.41, 5.74) is 4.48. The average molecular weight is 262 g/mol. The molecule has 2 rings (SSSR count). The molecule has 0 aromatic heterocycles. The molecule has 0 aliphatic heterocycles. The molecule has 1 N–H and O–H groups in total. The molecular formula is C15H13ClFN. The first-order valence-electron chi connectivity index (χ1n) is 5.59. The van der Waals surface area contributed by atoms with Gasteiger partial charge in [0, 0.05) is 29.4 Å². The molecule has 0 saturated heterocycles. The molecule has 92 valence electrons. The fourth-order valence-corrected chi connectivity index (χ4v) is 2.02. The SMILES string of the molecule is CNc1ccc(C(=CCl)c2ccccc2F)cc1. The molecule has 0 spiro atoms. The number of hydrogen-bond donors (Lipinski definition) is 1. The Bertz CT molecular complexity index is 561. The number of hydrogen-bond acceptors (Lipinski definition) is 1. The van der Waals surface area contributed by atoms with Gasteiger partial charge in [0.2, 0.25) is 0 Å². The van der Waals surface area contributed by atoms with Crippen molar-refractivity contribution in [3.63, 3.8) is 0 Å². The Balaban J connectivity index is 2.43. The number of nitrogens with one attached hydrogen (secondary N) is 1. The average Bonchev–Trinajstić information content (AvgIpc) is 2.42. The standard InChI is InChI=1S/C15H13ClFN/c1-18-12-8-6-11(7-9-12)14(10-16)13-4-2-3-5-15(13)17/h2-10,18H,1H3. The quantitative estimate of drug-likeness (QED) is 0.858. The maximum Gasteiger partial charge on any atom is 0.131 e. The summed E-state index contributed by atoms with van der Waals surface area (Å²) in [6, 6.07) is 14.3. The minimum Gasteiger partial charge on any atom is -0.388 e. The molecule has 0 atom stereocenters. The molecule has 0 unspecified atom stereocenters. The number of halogens is 2. The molecular weight excluding hydrogens is 249 g/mol. The molecule has 3 heteroatoms. The minimum absolute atomic E-state index is 0.276. The van der Waals surface area contributed by atoms with Crippen molar-refractivity contribution in [1.29, 1.82) is 0 Å². The van der Waals surface area contributed by atoms with E-state index in [2.05, 4.69) is 5.32 Å². The molecule has 0 bridgehead atoms. The topological polar surface area (TPSA) is 12.0 Å². The van der Waals surface area contributed by atoms with Gasteiger partial charge >= 0.3 is 0 Å². The van der Waals surface area contributed by atoms with Crippen molar-refractivity contribution in [2.45, 2.75) is 0 Å². The highest BCUT2D eigenvalue weighted by molar-refractivity contribution is 6.29. The molecule has 2 aromatic carbocycles. The van der Waals surface area contributed by atoms with Gasteiger partial charge in [0.25, 0.3) is 0 Å². The van der Waals surface area contributed by atoms with E-state index >= 15 is 0 Å². The van der Waals surface area contributed by atoms with Crippen LogP contribution in [-0.2, 0) is 0 Å². The second kappa shape index (κ2) is 5.69. The zero-order valence-electron chi connectivity index (χ0n) is 9.95. The first-order valence-corrected chi connectivity index (χ1v) is 6.03. The lowest BCUT2D eigenvalue weighted by Crippen LogP contribution is -1.92. The van der Waals surface area contributed by atoms with Crippen molar-refractivity contribution in [2.75, 3.05) is 12.4 Å². The van der Waals surface area contributed by atoms with Crippen LogP contribution in [0.2, 0.25) is 0 Å². The lowest BCUT2D eigenvalue weighted by Gasteiger charge is -2.09. The summed E-state index contributed by atoms with van der Waals surface area (Å²) in [4.78, 5) is 0. The van der Waals surface area contributed by atoms with E-state index in [0.29, 0.717) is 11.1 Å². The lowest BCUT2D eigenvalue weighted by molar-refractivity contribution is 0.624. The van der Waals surface area contributed by atoms with Gasteiger partial charge in [0.05, 0.1) is 0 Å². The summed E-state index contributed by atoms with van der Waals surface area (Å²) >= 11 is 5.84. The van der Waals surface area contributed by atoms with Gasteiger partial charge in [-0.15, -0.1) is 0 Å². The van der Waals surface area contributed by atoms with Gasteiger partial charge in [0.1, 0.15) is 5.82 Å². The second-order valence-electron chi connectivity index (χ2n) is 3.83. The van der Waals surface area contributed by atoms with Gasteiger partial charge < -0.3 is 5.32 Å². The Kier molecular flexibility index (Phi) is 4.00. The van der Waals surface area contributed by atoms with Gasteiger partial charge in [-0.2, -0.15) is 0 Å². The summed E-state index contributed by atoms with van der Waals surface area (Å²) in [6.07, 6.45) is 0. The largest absolute Gasteiger partial charge is 0.388 e. The highest BCUT2D eigenvalue weighted by Gasteiger charge is 2.09.